The Morgan fingerprint density at radius 3 is 2.74 bits per heavy atom. The number of carbonyl (C=O) groups is 1. The van der Waals surface area contributed by atoms with Gasteiger partial charge in [0.25, 0.3) is 0 Å². The number of piperazine rings is 1. The van der Waals surface area contributed by atoms with Crippen LogP contribution in [0.25, 0.3) is 0 Å². The summed E-state index contributed by atoms with van der Waals surface area (Å²) in [7, 11) is 2.13. The largest absolute Gasteiger partial charge is 0.377 e. The van der Waals surface area contributed by atoms with Crippen LogP contribution in [0.15, 0.2) is 0 Å². The van der Waals surface area contributed by atoms with E-state index in [9.17, 15) is 4.79 Å². The van der Waals surface area contributed by atoms with Gasteiger partial charge in [-0.15, -0.1) is 0 Å². The second kappa shape index (κ2) is 8.70. The van der Waals surface area contributed by atoms with Crippen molar-refractivity contribution in [2.24, 2.45) is 0 Å². The molecule has 0 radical (unpaired) electrons. The summed E-state index contributed by atoms with van der Waals surface area (Å²) in [4.78, 5) is 19.4. The van der Waals surface area contributed by atoms with Crippen LogP contribution in [0.1, 0.15) is 25.7 Å². The molecule has 0 bridgehead atoms. The first kappa shape index (κ1) is 17.5. The Morgan fingerprint density at radius 2 is 2.09 bits per heavy atom. The van der Waals surface area contributed by atoms with Gasteiger partial charge in [0.15, 0.2) is 0 Å². The Kier molecular flexibility index (Phi) is 6.62. The third kappa shape index (κ3) is 5.08. The van der Waals surface area contributed by atoms with E-state index in [1.54, 1.807) is 0 Å². The number of ether oxygens (including phenoxy) is 1. The molecule has 0 saturated carbocycles. The SMILES string of the molecule is CN1CCN(C(=O)CCN(CC2CCCO2)C2CCSC2)CC1. The molecular weight excluding hydrogens is 310 g/mol. The monoisotopic (exact) mass is 341 g/mol. The smallest absolute Gasteiger partial charge is 0.223 e. The molecule has 3 heterocycles. The maximum Gasteiger partial charge on any atom is 0.223 e. The molecule has 0 aromatic rings. The van der Waals surface area contributed by atoms with Gasteiger partial charge in [0.05, 0.1) is 6.10 Å². The fourth-order valence-corrected chi connectivity index (χ4v) is 4.99. The van der Waals surface area contributed by atoms with Gasteiger partial charge in [-0.25, -0.2) is 0 Å². The minimum Gasteiger partial charge on any atom is -0.377 e. The first-order valence-electron chi connectivity index (χ1n) is 9.12. The predicted octanol–water partition coefficient (Wildman–Crippen LogP) is 1.14. The molecule has 2 atom stereocenters. The Hall–Kier alpha value is -0.300. The van der Waals surface area contributed by atoms with E-state index >= 15 is 0 Å². The van der Waals surface area contributed by atoms with Crippen LogP contribution in [0.4, 0.5) is 0 Å². The summed E-state index contributed by atoms with van der Waals surface area (Å²) in [5.41, 5.74) is 0. The molecule has 3 rings (SSSR count). The number of carbonyl (C=O) groups excluding carboxylic acids is 1. The minimum atomic E-state index is 0.334. The Balaban J connectivity index is 1.47. The second-order valence-corrected chi connectivity index (χ2v) is 8.23. The summed E-state index contributed by atoms with van der Waals surface area (Å²) in [6, 6.07) is 0.643. The molecule has 3 aliphatic rings. The lowest BCUT2D eigenvalue weighted by Crippen LogP contribution is -2.48. The summed E-state index contributed by atoms with van der Waals surface area (Å²) in [5, 5.41) is 0. The highest BCUT2D eigenvalue weighted by molar-refractivity contribution is 7.99. The summed E-state index contributed by atoms with van der Waals surface area (Å²) < 4.78 is 5.83. The van der Waals surface area contributed by atoms with Crippen LogP contribution < -0.4 is 0 Å². The molecular formula is C17H31N3O2S. The molecule has 0 aliphatic carbocycles. The highest BCUT2D eigenvalue weighted by atomic mass is 32.2. The van der Waals surface area contributed by atoms with Gasteiger partial charge >= 0.3 is 0 Å². The molecule has 23 heavy (non-hydrogen) atoms. The molecule has 0 N–H and O–H groups in total. The molecule has 132 valence electrons. The van der Waals surface area contributed by atoms with Crippen molar-refractivity contribution in [3.63, 3.8) is 0 Å². The molecule has 0 aromatic carbocycles. The summed E-state index contributed by atoms with van der Waals surface area (Å²) >= 11 is 2.05. The number of hydrogen-bond acceptors (Lipinski definition) is 5. The summed E-state index contributed by atoms with van der Waals surface area (Å²) in [6.07, 6.45) is 4.69. The van der Waals surface area contributed by atoms with Crippen molar-refractivity contribution in [1.82, 2.24) is 14.7 Å². The van der Waals surface area contributed by atoms with Gasteiger partial charge in [-0.1, -0.05) is 0 Å². The number of likely N-dealkylation sites (N-methyl/N-ethyl adjacent to an activating group) is 1. The maximum atomic E-state index is 12.5. The molecule has 0 aromatic heterocycles. The van der Waals surface area contributed by atoms with Gasteiger partial charge in [-0.2, -0.15) is 11.8 Å². The lowest BCUT2D eigenvalue weighted by Gasteiger charge is -2.34. The summed E-state index contributed by atoms with van der Waals surface area (Å²) in [5.74, 6) is 2.82. The quantitative estimate of drug-likeness (QED) is 0.724. The fourth-order valence-electron chi connectivity index (χ4n) is 3.74. The van der Waals surface area contributed by atoms with Crippen LogP contribution in [-0.4, -0.2) is 97.2 Å². The second-order valence-electron chi connectivity index (χ2n) is 7.08. The van der Waals surface area contributed by atoms with Crippen LogP contribution in [-0.2, 0) is 9.53 Å². The van der Waals surface area contributed by atoms with Crippen molar-refractivity contribution in [3.05, 3.63) is 0 Å². The molecule has 5 nitrogen and oxygen atoms in total. The van der Waals surface area contributed by atoms with Crippen LogP contribution in [0, 0.1) is 0 Å². The van der Waals surface area contributed by atoms with Crippen LogP contribution in [0.2, 0.25) is 0 Å². The number of hydrogen-bond donors (Lipinski definition) is 0. The third-order valence-electron chi connectivity index (χ3n) is 5.35. The average Bonchev–Trinajstić information content (AvgIpc) is 3.25. The van der Waals surface area contributed by atoms with Crippen LogP contribution in [0.3, 0.4) is 0 Å². The van der Waals surface area contributed by atoms with E-state index < -0.39 is 0 Å². The van der Waals surface area contributed by atoms with Crippen molar-refractivity contribution in [1.29, 1.82) is 0 Å². The van der Waals surface area contributed by atoms with Crippen molar-refractivity contribution < 1.29 is 9.53 Å². The van der Waals surface area contributed by atoms with Crippen LogP contribution in [0.5, 0.6) is 0 Å². The van der Waals surface area contributed by atoms with Crippen LogP contribution >= 0.6 is 11.8 Å². The number of thioether (sulfide) groups is 1. The first-order valence-corrected chi connectivity index (χ1v) is 10.3. The highest BCUT2D eigenvalue weighted by Gasteiger charge is 2.28. The van der Waals surface area contributed by atoms with E-state index in [2.05, 4.69) is 16.8 Å². The zero-order chi connectivity index (χ0) is 16.1. The van der Waals surface area contributed by atoms with E-state index in [-0.39, 0.29) is 0 Å². The average molecular weight is 342 g/mol. The van der Waals surface area contributed by atoms with E-state index in [1.807, 2.05) is 16.7 Å². The standard InChI is InChI=1S/C17H31N3O2S/c1-18-7-9-19(10-8-18)17(21)4-6-20(15-5-12-23-14-15)13-16-3-2-11-22-16/h15-16H,2-14H2,1H3. The van der Waals surface area contributed by atoms with Gasteiger partial charge in [0.1, 0.15) is 0 Å². The van der Waals surface area contributed by atoms with Gasteiger partial charge in [0.2, 0.25) is 5.91 Å². The molecule has 3 fully saturated rings. The Bertz CT molecular complexity index is 376. The van der Waals surface area contributed by atoms with E-state index in [4.69, 9.17) is 4.74 Å². The van der Waals surface area contributed by atoms with Gasteiger partial charge < -0.3 is 14.5 Å². The lowest BCUT2D eigenvalue weighted by atomic mass is 10.1. The molecule has 3 aliphatic heterocycles. The zero-order valence-electron chi connectivity index (χ0n) is 14.4. The Morgan fingerprint density at radius 1 is 1.26 bits per heavy atom. The number of amides is 1. The van der Waals surface area contributed by atoms with Gasteiger partial charge in [0, 0.05) is 64.1 Å². The lowest BCUT2D eigenvalue weighted by molar-refractivity contribution is -0.133. The van der Waals surface area contributed by atoms with Gasteiger partial charge in [-0.3, -0.25) is 9.69 Å². The zero-order valence-corrected chi connectivity index (χ0v) is 15.2. The molecule has 2 unspecified atom stereocenters. The minimum absolute atomic E-state index is 0.334. The van der Waals surface area contributed by atoms with Crippen molar-refractivity contribution >= 4 is 17.7 Å². The third-order valence-corrected chi connectivity index (χ3v) is 6.50. The fraction of sp³-hybridized carbons (Fsp3) is 0.941. The number of nitrogens with zero attached hydrogens (tertiary/aromatic N) is 3. The number of rotatable bonds is 6. The summed E-state index contributed by atoms with van der Waals surface area (Å²) in [6.45, 7) is 6.62. The predicted molar refractivity (Wildman–Crippen MR) is 95.0 cm³/mol. The van der Waals surface area contributed by atoms with Crippen molar-refractivity contribution in [2.75, 3.05) is 64.4 Å². The molecule has 3 saturated heterocycles. The molecule has 1 amide bonds. The first-order chi connectivity index (χ1) is 11.2. The van der Waals surface area contributed by atoms with E-state index in [0.29, 0.717) is 24.5 Å². The van der Waals surface area contributed by atoms with Crippen molar-refractivity contribution in [3.8, 4) is 0 Å². The van der Waals surface area contributed by atoms with Crippen molar-refractivity contribution in [2.45, 2.75) is 37.8 Å². The van der Waals surface area contributed by atoms with Gasteiger partial charge in [-0.05, 0) is 32.1 Å². The maximum absolute atomic E-state index is 12.5. The molecule has 0 spiro atoms. The van der Waals surface area contributed by atoms with E-state index in [1.165, 1.54) is 30.8 Å². The Labute approximate surface area is 144 Å². The molecule has 6 heteroatoms. The topological polar surface area (TPSA) is 36.0 Å². The normalized spacial score (nSPS) is 29.6. The van der Waals surface area contributed by atoms with E-state index in [0.717, 1.165) is 45.9 Å². The highest BCUT2D eigenvalue weighted by Crippen LogP contribution is 2.24.